The molecular weight excluding hydrogens is 310 g/mol. The van der Waals surface area contributed by atoms with Crippen LogP contribution in [0.1, 0.15) is 30.9 Å². The Bertz CT molecular complexity index is 445. The average Bonchev–Trinajstić information content (AvgIpc) is 2.47. The lowest BCUT2D eigenvalue weighted by atomic mass is 9.96. The van der Waals surface area contributed by atoms with E-state index in [9.17, 15) is 0 Å². The molecule has 0 saturated carbocycles. The van der Waals surface area contributed by atoms with E-state index in [0.29, 0.717) is 11.8 Å². The minimum atomic E-state index is 0.305. The normalized spacial score (nSPS) is 19.1. The molecule has 1 fully saturated rings. The molecule has 0 aliphatic carbocycles. The fourth-order valence-corrected chi connectivity index (χ4v) is 3.28. The Morgan fingerprint density at radius 3 is 2.37 bits per heavy atom. The number of halogens is 1. The Morgan fingerprint density at radius 2 is 1.84 bits per heavy atom. The number of piperidine rings is 1. The van der Waals surface area contributed by atoms with Crippen LogP contribution in [0.15, 0.2) is 10.5 Å². The van der Waals surface area contributed by atoms with Crippen LogP contribution < -0.4 is 19.5 Å². The molecule has 1 atom stereocenters. The van der Waals surface area contributed by atoms with E-state index in [1.165, 1.54) is 12.8 Å². The van der Waals surface area contributed by atoms with Crippen LogP contribution in [0, 0.1) is 0 Å². The molecule has 5 heteroatoms. The monoisotopic (exact) mass is 329 g/mol. The van der Waals surface area contributed by atoms with Gasteiger partial charge in [0.1, 0.15) is 10.2 Å². The molecule has 0 bridgehead atoms. The molecule has 1 aliphatic heterocycles. The summed E-state index contributed by atoms with van der Waals surface area (Å²) in [5, 5.41) is 3.53. The maximum Gasteiger partial charge on any atom is 0.178 e. The Balaban J connectivity index is 2.49. The first-order valence-electron chi connectivity index (χ1n) is 6.44. The molecule has 0 amide bonds. The lowest BCUT2D eigenvalue weighted by Gasteiger charge is -2.27. The summed E-state index contributed by atoms with van der Waals surface area (Å²) in [6.45, 7) is 1.04. The lowest BCUT2D eigenvalue weighted by Crippen LogP contribution is -2.27. The molecule has 106 valence electrons. The van der Waals surface area contributed by atoms with Crippen molar-refractivity contribution >= 4 is 15.9 Å². The first kappa shape index (κ1) is 14.5. The molecule has 0 spiro atoms. The van der Waals surface area contributed by atoms with Crippen LogP contribution in [0.25, 0.3) is 0 Å². The van der Waals surface area contributed by atoms with Gasteiger partial charge >= 0.3 is 0 Å². The zero-order valence-corrected chi connectivity index (χ0v) is 13.2. The number of methoxy groups -OCH3 is 3. The highest BCUT2D eigenvalue weighted by Gasteiger charge is 2.25. The molecule has 1 N–H and O–H groups in total. The highest BCUT2D eigenvalue weighted by molar-refractivity contribution is 9.10. The SMILES string of the molecule is COc1cc(C2CCCCN2)c(OC)c(Br)c1OC. The molecule has 1 saturated heterocycles. The van der Waals surface area contributed by atoms with Gasteiger partial charge < -0.3 is 19.5 Å². The number of benzene rings is 1. The van der Waals surface area contributed by atoms with E-state index < -0.39 is 0 Å². The second kappa shape index (κ2) is 6.48. The molecule has 0 radical (unpaired) electrons. The van der Waals surface area contributed by atoms with Crippen molar-refractivity contribution in [3.63, 3.8) is 0 Å². The molecule has 4 nitrogen and oxygen atoms in total. The van der Waals surface area contributed by atoms with Gasteiger partial charge in [-0.3, -0.25) is 0 Å². The quantitative estimate of drug-likeness (QED) is 0.920. The van der Waals surface area contributed by atoms with Crippen LogP contribution in [-0.2, 0) is 0 Å². The predicted octanol–water partition coefficient (Wildman–Crippen LogP) is 3.29. The number of rotatable bonds is 4. The molecule has 1 heterocycles. The zero-order chi connectivity index (χ0) is 13.8. The molecule has 0 aromatic heterocycles. The molecule has 1 unspecified atom stereocenters. The van der Waals surface area contributed by atoms with E-state index in [2.05, 4.69) is 21.2 Å². The Morgan fingerprint density at radius 1 is 1.11 bits per heavy atom. The van der Waals surface area contributed by atoms with Crippen molar-refractivity contribution in [2.75, 3.05) is 27.9 Å². The van der Waals surface area contributed by atoms with E-state index >= 15 is 0 Å². The van der Waals surface area contributed by atoms with Crippen LogP contribution >= 0.6 is 15.9 Å². The first-order valence-corrected chi connectivity index (χ1v) is 7.24. The van der Waals surface area contributed by atoms with Gasteiger partial charge in [-0.2, -0.15) is 0 Å². The van der Waals surface area contributed by atoms with E-state index in [1.54, 1.807) is 21.3 Å². The van der Waals surface area contributed by atoms with E-state index in [0.717, 1.165) is 34.5 Å². The van der Waals surface area contributed by atoms with Gasteiger partial charge in [0.2, 0.25) is 0 Å². The zero-order valence-electron chi connectivity index (χ0n) is 11.6. The third kappa shape index (κ3) is 2.82. The van der Waals surface area contributed by atoms with Crippen molar-refractivity contribution in [3.8, 4) is 17.2 Å². The van der Waals surface area contributed by atoms with Crippen molar-refractivity contribution in [3.05, 3.63) is 16.1 Å². The number of hydrogen-bond acceptors (Lipinski definition) is 4. The summed E-state index contributed by atoms with van der Waals surface area (Å²) in [6, 6.07) is 2.31. The fourth-order valence-electron chi connectivity index (χ4n) is 2.54. The minimum Gasteiger partial charge on any atom is -0.495 e. The van der Waals surface area contributed by atoms with Crippen LogP contribution in [0.4, 0.5) is 0 Å². The van der Waals surface area contributed by atoms with Crippen LogP contribution in [0.5, 0.6) is 17.2 Å². The smallest absolute Gasteiger partial charge is 0.178 e. The minimum absolute atomic E-state index is 0.305. The lowest BCUT2D eigenvalue weighted by molar-refractivity contribution is 0.336. The Kier molecular flexibility index (Phi) is 4.93. The molecule has 1 aliphatic rings. The third-order valence-electron chi connectivity index (χ3n) is 3.49. The number of nitrogens with one attached hydrogen (secondary N) is 1. The number of hydrogen-bond donors (Lipinski definition) is 1. The highest BCUT2D eigenvalue weighted by atomic mass is 79.9. The molecule has 2 rings (SSSR count). The van der Waals surface area contributed by atoms with Crippen molar-refractivity contribution < 1.29 is 14.2 Å². The van der Waals surface area contributed by atoms with Crippen molar-refractivity contribution in [2.45, 2.75) is 25.3 Å². The van der Waals surface area contributed by atoms with Gasteiger partial charge in [0.15, 0.2) is 11.5 Å². The molecule has 1 aromatic carbocycles. The van der Waals surface area contributed by atoms with Crippen molar-refractivity contribution in [1.29, 1.82) is 0 Å². The summed E-state index contributed by atoms with van der Waals surface area (Å²) >= 11 is 3.55. The van der Waals surface area contributed by atoms with Gasteiger partial charge in [-0.1, -0.05) is 6.42 Å². The first-order chi connectivity index (χ1) is 9.22. The standard InChI is InChI=1S/C14H20BrNO3/c1-17-11-8-9(10-6-4-5-7-16-10)13(18-2)12(15)14(11)19-3/h8,10,16H,4-7H2,1-3H3. The Hall–Kier alpha value is -0.940. The average molecular weight is 330 g/mol. The van der Waals surface area contributed by atoms with Gasteiger partial charge in [0, 0.05) is 11.6 Å². The van der Waals surface area contributed by atoms with Gasteiger partial charge in [0.25, 0.3) is 0 Å². The summed E-state index contributed by atoms with van der Waals surface area (Å²) < 4.78 is 17.1. The second-order valence-electron chi connectivity index (χ2n) is 4.55. The van der Waals surface area contributed by atoms with Gasteiger partial charge in [0.05, 0.1) is 21.3 Å². The predicted molar refractivity (Wildman–Crippen MR) is 78.4 cm³/mol. The van der Waals surface area contributed by atoms with E-state index in [-0.39, 0.29) is 0 Å². The highest BCUT2D eigenvalue weighted by Crippen LogP contribution is 2.46. The summed E-state index contributed by atoms with van der Waals surface area (Å²) in [5.41, 5.74) is 1.12. The molecule has 19 heavy (non-hydrogen) atoms. The van der Waals surface area contributed by atoms with Gasteiger partial charge in [-0.15, -0.1) is 0 Å². The largest absolute Gasteiger partial charge is 0.495 e. The van der Waals surface area contributed by atoms with E-state index in [1.807, 2.05) is 6.07 Å². The van der Waals surface area contributed by atoms with Crippen molar-refractivity contribution in [2.24, 2.45) is 0 Å². The summed E-state index contributed by atoms with van der Waals surface area (Å²) in [6.07, 6.45) is 3.57. The van der Waals surface area contributed by atoms with Crippen LogP contribution in [0.2, 0.25) is 0 Å². The summed E-state index contributed by atoms with van der Waals surface area (Å²) in [4.78, 5) is 0. The second-order valence-corrected chi connectivity index (χ2v) is 5.34. The summed E-state index contributed by atoms with van der Waals surface area (Å²) in [7, 11) is 4.95. The van der Waals surface area contributed by atoms with Crippen molar-refractivity contribution in [1.82, 2.24) is 5.32 Å². The Labute approximate surface area is 122 Å². The fraction of sp³-hybridized carbons (Fsp3) is 0.571. The molecule has 1 aromatic rings. The van der Waals surface area contributed by atoms with Crippen LogP contribution in [-0.4, -0.2) is 27.9 Å². The van der Waals surface area contributed by atoms with E-state index in [4.69, 9.17) is 14.2 Å². The maximum absolute atomic E-state index is 5.55. The third-order valence-corrected chi connectivity index (χ3v) is 4.21. The van der Waals surface area contributed by atoms with Crippen LogP contribution in [0.3, 0.4) is 0 Å². The molecular formula is C14H20BrNO3. The summed E-state index contributed by atoms with van der Waals surface area (Å²) in [5.74, 6) is 2.20. The van der Waals surface area contributed by atoms with Gasteiger partial charge in [-0.25, -0.2) is 0 Å². The maximum atomic E-state index is 5.55. The number of ether oxygens (including phenoxy) is 3. The topological polar surface area (TPSA) is 39.7 Å². The van der Waals surface area contributed by atoms with Gasteiger partial charge in [-0.05, 0) is 41.4 Å².